The minimum absolute atomic E-state index is 0.0643. The van der Waals surface area contributed by atoms with Gasteiger partial charge < -0.3 is 15.5 Å². The van der Waals surface area contributed by atoms with E-state index < -0.39 is 0 Å². The summed E-state index contributed by atoms with van der Waals surface area (Å²) in [5.41, 5.74) is 8.08. The molecule has 1 aliphatic rings. The molecule has 1 unspecified atom stereocenters. The highest BCUT2D eigenvalue weighted by molar-refractivity contribution is 5.79. The Labute approximate surface area is 115 Å². The lowest BCUT2D eigenvalue weighted by molar-refractivity contribution is -0.134. The topological polar surface area (TPSA) is 49.6 Å². The van der Waals surface area contributed by atoms with Crippen LogP contribution in [0.5, 0.6) is 0 Å². The smallest absolute Gasteiger partial charge is 0.226 e. The third-order valence-corrected chi connectivity index (χ3v) is 3.73. The summed E-state index contributed by atoms with van der Waals surface area (Å²) in [6.07, 6.45) is 0. The van der Waals surface area contributed by atoms with Crippen LogP contribution in [-0.4, -0.2) is 43.5 Å². The first-order valence-corrected chi connectivity index (χ1v) is 6.92. The number of rotatable bonds is 3. The number of hydrogen-bond acceptors (Lipinski definition) is 3. The number of carbonyl (C=O) groups is 1. The van der Waals surface area contributed by atoms with Crippen LogP contribution in [0.3, 0.4) is 0 Å². The molecule has 0 bridgehead atoms. The van der Waals surface area contributed by atoms with Gasteiger partial charge in [-0.2, -0.15) is 0 Å². The van der Waals surface area contributed by atoms with Crippen LogP contribution < -0.4 is 10.6 Å². The fourth-order valence-electron chi connectivity index (χ4n) is 2.42. The van der Waals surface area contributed by atoms with Crippen LogP contribution in [-0.2, 0) is 4.79 Å². The Kier molecular flexibility index (Phi) is 4.43. The maximum atomic E-state index is 12.1. The van der Waals surface area contributed by atoms with Gasteiger partial charge in [0.05, 0.1) is 0 Å². The normalized spacial score (nSPS) is 17.4. The molecule has 1 heterocycles. The van der Waals surface area contributed by atoms with Crippen LogP contribution in [0.2, 0.25) is 0 Å². The van der Waals surface area contributed by atoms with Gasteiger partial charge in [-0.1, -0.05) is 19.1 Å². The Morgan fingerprint density at radius 3 is 2.58 bits per heavy atom. The van der Waals surface area contributed by atoms with Crippen LogP contribution in [0.4, 0.5) is 5.69 Å². The maximum absolute atomic E-state index is 12.1. The van der Waals surface area contributed by atoms with Gasteiger partial charge in [0, 0.05) is 44.3 Å². The molecule has 1 aromatic rings. The SMILES string of the molecule is Cc1cccc(N2CCN(C(=O)C(C)CN)CC2)c1. The first-order valence-electron chi connectivity index (χ1n) is 6.92. The summed E-state index contributed by atoms with van der Waals surface area (Å²) in [7, 11) is 0. The zero-order chi connectivity index (χ0) is 13.8. The Morgan fingerprint density at radius 1 is 1.32 bits per heavy atom. The van der Waals surface area contributed by atoms with Crippen molar-refractivity contribution in [1.82, 2.24) is 4.90 Å². The molecule has 1 amide bonds. The summed E-state index contributed by atoms with van der Waals surface area (Å²) in [5.74, 6) is 0.122. The van der Waals surface area contributed by atoms with Crippen molar-refractivity contribution in [1.29, 1.82) is 0 Å². The average Bonchev–Trinajstić information content (AvgIpc) is 2.46. The molecule has 4 heteroatoms. The van der Waals surface area contributed by atoms with Gasteiger partial charge in [-0.15, -0.1) is 0 Å². The number of hydrogen-bond donors (Lipinski definition) is 1. The Hall–Kier alpha value is -1.55. The molecule has 2 N–H and O–H groups in total. The van der Waals surface area contributed by atoms with Gasteiger partial charge in [0.15, 0.2) is 0 Å². The van der Waals surface area contributed by atoms with E-state index in [2.05, 4.69) is 36.1 Å². The molecule has 1 fully saturated rings. The van der Waals surface area contributed by atoms with E-state index in [0.717, 1.165) is 26.2 Å². The molecule has 1 aliphatic heterocycles. The average molecular weight is 261 g/mol. The summed E-state index contributed by atoms with van der Waals surface area (Å²) in [4.78, 5) is 16.3. The largest absolute Gasteiger partial charge is 0.368 e. The molecular formula is C15H23N3O. The third-order valence-electron chi connectivity index (χ3n) is 3.73. The van der Waals surface area contributed by atoms with E-state index in [1.807, 2.05) is 11.8 Å². The second-order valence-corrected chi connectivity index (χ2v) is 5.29. The molecule has 0 aromatic heterocycles. The maximum Gasteiger partial charge on any atom is 0.226 e. The molecule has 19 heavy (non-hydrogen) atoms. The molecule has 104 valence electrons. The number of carbonyl (C=O) groups excluding carboxylic acids is 1. The fraction of sp³-hybridized carbons (Fsp3) is 0.533. The highest BCUT2D eigenvalue weighted by atomic mass is 16.2. The van der Waals surface area contributed by atoms with Crippen molar-refractivity contribution in [3.05, 3.63) is 29.8 Å². The Balaban J connectivity index is 1.94. The predicted molar refractivity (Wildman–Crippen MR) is 78.2 cm³/mol. The summed E-state index contributed by atoms with van der Waals surface area (Å²) in [6, 6.07) is 8.51. The second-order valence-electron chi connectivity index (χ2n) is 5.29. The molecule has 1 atom stereocenters. The molecule has 0 saturated carbocycles. The van der Waals surface area contributed by atoms with Gasteiger partial charge in [0.2, 0.25) is 5.91 Å². The van der Waals surface area contributed by atoms with E-state index in [1.54, 1.807) is 0 Å². The standard InChI is InChI=1S/C15H23N3O/c1-12-4-3-5-14(10-12)17-6-8-18(9-7-17)15(19)13(2)11-16/h3-5,10,13H,6-9,11,16H2,1-2H3. The first kappa shape index (κ1) is 13.9. The number of piperazine rings is 1. The molecule has 0 spiro atoms. The number of aryl methyl sites for hydroxylation is 1. The van der Waals surface area contributed by atoms with Gasteiger partial charge >= 0.3 is 0 Å². The molecule has 2 rings (SSSR count). The molecule has 1 saturated heterocycles. The van der Waals surface area contributed by atoms with Crippen LogP contribution in [0.25, 0.3) is 0 Å². The lowest BCUT2D eigenvalue weighted by Crippen LogP contribution is -2.50. The highest BCUT2D eigenvalue weighted by Crippen LogP contribution is 2.18. The summed E-state index contributed by atoms with van der Waals surface area (Å²) in [5, 5.41) is 0. The number of anilines is 1. The number of nitrogens with two attached hydrogens (primary N) is 1. The summed E-state index contributed by atoms with van der Waals surface area (Å²) < 4.78 is 0. The summed E-state index contributed by atoms with van der Waals surface area (Å²) >= 11 is 0. The van der Waals surface area contributed by atoms with Crippen LogP contribution >= 0.6 is 0 Å². The quantitative estimate of drug-likeness (QED) is 0.890. The molecular weight excluding hydrogens is 238 g/mol. The first-order chi connectivity index (χ1) is 9.11. The van der Waals surface area contributed by atoms with Crippen LogP contribution in [0.1, 0.15) is 12.5 Å². The van der Waals surface area contributed by atoms with Crippen molar-refractivity contribution in [3.8, 4) is 0 Å². The van der Waals surface area contributed by atoms with Crippen molar-refractivity contribution in [3.63, 3.8) is 0 Å². The zero-order valence-electron chi connectivity index (χ0n) is 11.8. The molecule has 0 radical (unpaired) electrons. The van der Waals surface area contributed by atoms with Crippen LogP contribution in [0, 0.1) is 12.8 Å². The van der Waals surface area contributed by atoms with Crippen molar-refractivity contribution < 1.29 is 4.79 Å². The number of amides is 1. The molecule has 1 aromatic carbocycles. The predicted octanol–water partition coefficient (Wildman–Crippen LogP) is 1.24. The van der Waals surface area contributed by atoms with Gasteiger partial charge in [-0.25, -0.2) is 0 Å². The van der Waals surface area contributed by atoms with Crippen molar-refractivity contribution in [2.75, 3.05) is 37.6 Å². The number of nitrogens with zero attached hydrogens (tertiary/aromatic N) is 2. The van der Waals surface area contributed by atoms with Crippen molar-refractivity contribution in [2.45, 2.75) is 13.8 Å². The van der Waals surface area contributed by atoms with Crippen molar-refractivity contribution >= 4 is 11.6 Å². The third kappa shape index (κ3) is 3.26. The zero-order valence-corrected chi connectivity index (χ0v) is 11.8. The van der Waals surface area contributed by atoms with E-state index in [1.165, 1.54) is 11.3 Å². The lowest BCUT2D eigenvalue weighted by atomic mass is 10.1. The van der Waals surface area contributed by atoms with Crippen molar-refractivity contribution in [2.24, 2.45) is 11.7 Å². The van der Waals surface area contributed by atoms with Crippen LogP contribution in [0.15, 0.2) is 24.3 Å². The van der Waals surface area contributed by atoms with Gasteiger partial charge in [0.1, 0.15) is 0 Å². The van der Waals surface area contributed by atoms with Gasteiger partial charge in [-0.05, 0) is 24.6 Å². The fourth-order valence-corrected chi connectivity index (χ4v) is 2.42. The van der Waals surface area contributed by atoms with E-state index in [4.69, 9.17) is 5.73 Å². The minimum Gasteiger partial charge on any atom is -0.368 e. The number of benzene rings is 1. The van der Waals surface area contributed by atoms with E-state index in [9.17, 15) is 4.79 Å². The van der Waals surface area contributed by atoms with E-state index >= 15 is 0 Å². The van der Waals surface area contributed by atoms with E-state index in [0.29, 0.717) is 6.54 Å². The molecule has 4 nitrogen and oxygen atoms in total. The lowest BCUT2D eigenvalue weighted by Gasteiger charge is -2.37. The van der Waals surface area contributed by atoms with E-state index in [-0.39, 0.29) is 11.8 Å². The second kappa shape index (κ2) is 6.06. The Morgan fingerprint density at radius 2 is 2.00 bits per heavy atom. The minimum atomic E-state index is -0.0643. The van der Waals surface area contributed by atoms with Gasteiger partial charge in [0.25, 0.3) is 0 Å². The highest BCUT2D eigenvalue weighted by Gasteiger charge is 2.24. The Bertz CT molecular complexity index is 439. The van der Waals surface area contributed by atoms with Gasteiger partial charge in [-0.3, -0.25) is 4.79 Å². The molecule has 0 aliphatic carbocycles. The monoisotopic (exact) mass is 261 g/mol. The summed E-state index contributed by atoms with van der Waals surface area (Å²) in [6.45, 7) is 7.80.